The average molecular weight is 289 g/mol. The fourth-order valence-corrected chi connectivity index (χ4v) is 2.29. The molecule has 0 heterocycles. The largest absolute Gasteiger partial charge is 0.349 e. The number of carbonyl (C=O) groups is 1. The molecule has 0 unspecified atom stereocenters. The van der Waals surface area contributed by atoms with E-state index in [1.165, 1.54) is 18.2 Å². The van der Waals surface area contributed by atoms with E-state index < -0.39 is 10.0 Å². The number of carbonyl (C=O) groups excluding carboxylic acids is 1. The summed E-state index contributed by atoms with van der Waals surface area (Å²) in [6, 6.07) is 4.69. The van der Waals surface area contributed by atoms with Crippen LogP contribution in [-0.2, 0) is 10.0 Å². The van der Waals surface area contributed by atoms with Gasteiger partial charge in [0.25, 0.3) is 5.91 Å². The van der Waals surface area contributed by atoms with Crippen molar-refractivity contribution in [3.05, 3.63) is 28.8 Å². The van der Waals surface area contributed by atoms with Crippen molar-refractivity contribution in [1.29, 1.82) is 0 Å². The Hall–Kier alpha value is -1.27. The van der Waals surface area contributed by atoms with Gasteiger partial charge in [0, 0.05) is 11.7 Å². The van der Waals surface area contributed by atoms with Crippen LogP contribution in [0, 0.1) is 0 Å². The molecule has 1 fully saturated rings. The van der Waals surface area contributed by atoms with Crippen molar-refractivity contribution in [2.24, 2.45) is 0 Å². The molecule has 1 amide bonds. The average Bonchev–Trinajstić information content (AvgIpc) is 2.98. The van der Waals surface area contributed by atoms with E-state index in [2.05, 4.69) is 10.0 Å². The molecule has 0 spiro atoms. The summed E-state index contributed by atoms with van der Waals surface area (Å²) in [6.45, 7) is 0. The Morgan fingerprint density at radius 1 is 1.39 bits per heavy atom. The van der Waals surface area contributed by atoms with Crippen LogP contribution in [0.25, 0.3) is 0 Å². The minimum Gasteiger partial charge on any atom is -0.349 e. The predicted octanol–water partition coefficient (Wildman–Crippen LogP) is 1.60. The number of benzene rings is 1. The lowest BCUT2D eigenvalue weighted by molar-refractivity contribution is 0.0951. The second-order valence-electron chi connectivity index (χ2n) is 4.32. The molecule has 5 nitrogen and oxygen atoms in total. The van der Waals surface area contributed by atoms with Crippen LogP contribution in [0.15, 0.2) is 18.2 Å². The van der Waals surface area contributed by atoms with E-state index in [-0.39, 0.29) is 17.0 Å². The first-order valence-corrected chi connectivity index (χ1v) is 7.70. The zero-order valence-corrected chi connectivity index (χ0v) is 11.3. The van der Waals surface area contributed by atoms with E-state index >= 15 is 0 Å². The molecule has 0 atom stereocenters. The molecule has 0 aliphatic heterocycles. The molecular formula is C11H13ClN2O3S. The molecule has 0 saturated heterocycles. The number of amides is 1. The fraction of sp³-hybridized carbons (Fsp3) is 0.364. The fourth-order valence-electron chi connectivity index (χ4n) is 1.47. The molecule has 18 heavy (non-hydrogen) atoms. The molecule has 2 rings (SSSR count). The van der Waals surface area contributed by atoms with Gasteiger partial charge in [-0.05, 0) is 31.0 Å². The second-order valence-corrected chi connectivity index (χ2v) is 6.47. The first-order chi connectivity index (χ1) is 8.35. The maximum atomic E-state index is 11.8. The van der Waals surface area contributed by atoms with Crippen molar-refractivity contribution in [3.63, 3.8) is 0 Å². The van der Waals surface area contributed by atoms with Crippen LogP contribution in [0.1, 0.15) is 23.2 Å². The number of nitrogens with one attached hydrogen (secondary N) is 2. The predicted molar refractivity (Wildman–Crippen MR) is 70.4 cm³/mol. The number of halogens is 1. The van der Waals surface area contributed by atoms with E-state index in [0.717, 1.165) is 19.1 Å². The van der Waals surface area contributed by atoms with Crippen LogP contribution in [0.3, 0.4) is 0 Å². The van der Waals surface area contributed by atoms with Crippen molar-refractivity contribution in [2.45, 2.75) is 18.9 Å². The van der Waals surface area contributed by atoms with Gasteiger partial charge in [-0.3, -0.25) is 9.52 Å². The van der Waals surface area contributed by atoms with E-state index in [4.69, 9.17) is 11.6 Å². The van der Waals surface area contributed by atoms with Gasteiger partial charge in [-0.25, -0.2) is 8.42 Å². The second kappa shape index (κ2) is 4.78. The lowest BCUT2D eigenvalue weighted by Crippen LogP contribution is -2.25. The van der Waals surface area contributed by atoms with Crippen LogP contribution in [-0.4, -0.2) is 26.6 Å². The van der Waals surface area contributed by atoms with Crippen molar-refractivity contribution in [3.8, 4) is 0 Å². The number of rotatable bonds is 4. The monoisotopic (exact) mass is 288 g/mol. The van der Waals surface area contributed by atoms with Gasteiger partial charge in [0.2, 0.25) is 10.0 Å². The molecule has 1 aliphatic carbocycles. The number of anilines is 1. The molecule has 0 radical (unpaired) electrons. The quantitative estimate of drug-likeness (QED) is 0.884. The Morgan fingerprint density at radius 3 is 2.56 bits per heavy atom. The summed E-state index contributed by atoms with van der Waals surface area (Å²) in [5, 5.41) is 3.04. The zero-order valence-electron chi connectivity index (χ0n) is 9.73. The number of hydrogen-bond acceptors (Lipinski definition) is 3. The first-order valence-electron chi connectivity index (χ1n) is 5.43. The molecule has 1 aromatic carbocycles. The van der Waals surface area contributed by atoms with Gasteiger partial charge < -0.3 is 5.32 Å². The van der Waals surface area contributed by atoms with Crippen molar-refractivity contribution < 1.29 is 13.2 Å². The van der Waals surface area contributed by atoms with E-state index in [1.54, 1.807) is 0 Å². The summed E-state index contributed by atoms with van der Waals surface area (Å²) < 4.78 is 24.4. The van der Waals surface area contributed by atoms with Crippen molar-refractivity contribution in [1.82, 2.24) is 5.32 Å². The number of hydrogen-bond donors (Lipinski definition) is 2. The molecule has 1 saturated carbocycles. The van der Waals surface area contributed by atoms with Crippen LogP contribution in [0.5, 0.6) is 0 Å². The van der Waals surface area contributed by atoms with Gasteiger partial charge in [-0.15, -0.1) is 0 Å². The van der Waals surface area contributed by atoms with Gasteiger partial charge in [0.1, 0.15) is 0 Å². The third kappa shape index (κ3) is 3.61. The molecule has 0 aromatic heterocycles. The van der Waals surface area contributed by atoms with Crippen molar-refractivity contribution in [2.75, 3.05) is 11.0 Å². The maximum absolute atomic E-state index is 11.8. The molecule has 1 aromatic rings. The maximum Gasteiger partial charge on any atom is 0.253 e. The highest BCUT2D eigenvalue weighted by Crippen LogP contribution is 2.24. The van der Waals surface area contributed by atoms with Gasteiger partial charge >= 0.3 is 0 Å². The normalized spacial score (nSPS) is 15.2. The Bertz CT molecular complexity index is 582. The highest BCUT2D eigenvalue weighted by Gasteiger charge is 2.24. The van der Waals surface area contributed by atoms with E-state index in [1.807, 2.05) is 0 Å². The van der Waals surface area contributed by atoms with Gasteiger partial charge in [-0.2, -0.15) is 0 Å². The smallest absolute Gasteiger partial charge is 0.253 e. The highest BCUT2D eigenvalue weighted by molar-refractivity contribution is 7.92. The standard InChI is InChI=1S/C11H13ClN2O3S/c1-18(16,17)14-8-4-5-9(10(12)6-8)11(15)13-7-2-3-7/h4-7,14H,2-3H2,1H3,(H,13,15). The third-order valence-electron chi connectivity index (χ3n) is 2.43. The Morgan fingerprint density at radius 2 is 2.06 bits per heavy atom. The zero-order chi connectivity index (χ0) is 13.3. The van der Waals surface area contributed by atoms with Crippen LogP contribution in [0.2, 0.25) is 5.02 Å². The number of sulfonamides is 1. The summed E-state index contributed by atoms with van der Waals surface area (Å²) in [6.07, 6.45) is 3.04. The molecule has 98 valence electrons. The summed E-state index contributed by atoms with van der Waals surface area (Å²) in [7, 11) is -3.35. The topological polar surface area (TPSA) is 75.3 Å². The van der Waals surface area contributed by atoms with Crippen molar-refractivity contribution >= 4 is 33.2 Å². The molecule has 2 N–H and O–H groups in total. The SMILES string of the molecule is CS(=O)(=O)Nc1ccc(C(=O)NC2CC2)c(Cl)c1. The van der Waals surface area contributed by atoms with E-state index in [9.17, 15) is 13.2 Å². The highest BCUT2D eigenvalue weighted by atomic mass is 35.5. The van der Waals surface area contributed by atoms with E-state index in [0.29, 0.717) is 11.3 Å². The lowest BCUT2D eigenvalue weighted by atomic mass is 10.2. The molecule has 0 bridgehead atoms. The summed E-state index contributed by atoms with van der Waals surface area (Å²) >= 11 is 5.96. The Kier molecular flexibility index (Phi) is 3.49. The lowest BCUT2D eigenvalue weighted by Gasteiger charge is -2.08. The summed E-state index contributed by atoms with van der Waals surface area (Å²) in [4.78, 5) is 11.8. The molecule has 1 aliphatic rings. The summed E-state index contributed by atoms with van der Waals surface area (Å²) in [5.74, 6) is -0.228. The van der Waals surface area contributed by atoms with Crippen LogP contribution < -0.4 is 10.0 Å². The minimum absolute atomic E-state index is 0.224. The molecule has 7 heteroatoms. The van der Waals surface area contributed by atoms with Gasteiger partial charge in [0.15, 0.2) is 0 Å². The van der Waals surface area contributed by atoms with Crippen LogP contribution in [0.4, 0.5) is 5.69 Å². The minimum atomic E-state index is -3.35. The Labute approximate surface area is 111 Å². The van der Waals surface area contributed by atoms with Gasteiger partial charge in [0.05, 0.1) is 16.8 Å². The van der Waals surface area contributed by atoms with Crippen LogP contribution >= 0.6 is 11.6 Å². The molecular weight excluding hydrogens is 276 g/mol. The Balaban J connectivity index is 2.16. The first kappa shape index (κ1) is 13.2. The third-order valence-corrected chi connectivity index (χ3v) is 3.35. The van der Waals surface area contributed by atoms with Gasteiger partial charge in [-0.1, -0.05) is 11.6 Å². The summed E-state index contributed by atoms with van der Waals surface area (Å²) in [5.41, 5.74) is 0.688.